The lowest BCUT2D eigenvalue weighted by Gasteiger charge is -2.17. The van der Waals surface area contributed by atoms with E-state index in [1.165, 1.54) is 0 Å². The molecule has 0 saturated carbocycles. The van der Waals surface area contributed by atoms with E-state index in [0.717, 1.165) is 98.7 Å². The zero-order valence-electron chi connectivity index (χ0n) is 24.0. The Labute approximate surface area is 257 Å². The van der Waals surface area contributed by atoms with Crippen LogP contribution in [0.4, 0.5) is 0 Å². The summed E-state index contributed by atoms with van der Waals surface area (Å²) < 4.78 is 6.32. The molecule has 0 unspecified atom stereocenters. The Morgan fingerprint density at radius 2 is 0.978 bits per heavy atom. The highest BCUT2D eigenvalue weighted by Crippen LogP contribution is 2.44. The number of aromatic nitrogens is 3. The maximum atomic E-state index is 6.32. The van der Waals surface area contributed by atoms with Crippen molar-refractivity contribution >= 4 is 76.2 Å². The van der Waals surface area contributed by atoms with Gasteiger partial charge in [0.05, 0.1) is 27.9 Å². The summed E-state index contributed by atoms with van der Waals surface area (Å²) in [7, 11) is 0. The lowest BCUT2D eigenvalue weighted by Crippen LogP contribution is -1.95. The molecule has 0 aliphatic rings. The smallest absolute Gasteiger partial charge is 0.144 e. The summed E-state index contributed by atoms with van der Waals surface area (Å²) in [4.78, 5) is 15.2. The molecule has 0 bridgehead atoms. The Morgan fingerprint density at radius 3 is 1.71 bits per heavy atom. The third-order valence-electron chi connectivity index (χ3n) is 9.09. The molecule has 0 radical (unpaired) electrons. The molecule has 10 aromatic rings. The topological polar surface area (TPSA) is 51.8 Å². The van der Waals surface area contributed by atoms with Gasteiger partial charge in [-0.1, -0.05) is 91.0 Å². The second-order valence-corrected chi connectivity index (χ2v) is 11.6. The van der Waals surface area contributed by atoms with E-state index in [9.17, 15) is 0 Å². The fourth-order valence-electron chi connectivity index (χ4n) is 7.07. The van der Waals surface area contributed by atoms with Gasteiger partial charge in [0, 0.05) is 44.3 Å². The number of nitrogens with zero attached hydrogens (tertiary/aromatic N) is 3. The molecule has 4 heteroatoms. The predicted octanol–water partition coefficient (Wildman–Crippen LogP) is 10.9. The first kappa shape index (κ1) is 24.3. The van der Waals surface area contributed by atoms with Gasteiger partial charge < -0.3 is 4.42 Å². The summed E-state index contributed by atoms with van der Waals surface area (Å²) in [5.41, 5.74) is 8.60. The average molecular weight is 574 g/mol. The van der Waals surface area contributed by atoms with Crippen molar-refractivity contribution in [3.63, 3.8) is 0 Å². The van der Waals surface area contributed by atoms with Crippen molar-refractivity contribution in [3.8, 4) is 22.5 Å². The minimum absolute atomic E-state index is 0.877. The summed E-state index contributed by atoms with van der Waals surface area (Å²) in [6.45, 7) is 0. The summed E-state index contributed by atoms with van der Waals surface area (Å²) in [5.74, 6) is 0. The van der Waals surface area contributed by atoms with Crippen molar-refractivity contribution in [2.45, 2.75) is 0 Å². The monoisotopic (exact) mass is 573 g/mol. The van der Waals surface area contributed by atoms with E-state index in [0.29, 0.717) is 0 Å². The van der Waals surface area contributed by atoms with Gasteiger partial charge in [-0.2, -0.15) is 0 Å². The summed E-state index contributed by atoms with van der Waals surface area (Å²) in [6, 6.07) is 46.5. The third kappa shape index (κ3) is 3.51. The highest BCUT2D eigenvalue weighted by molar-refractivity contribution is 6.22. The van der Waals surface area contributed by atoms with Crippen molar-refractivity contribution in [2.24, 2.45) is 0 Å². The standard InChI is InChI=1S/C41H23N3O/c1-3-12-29-27(10-1)37(34-22-19-32-33(43-34)21-18-31-26-9-5-6-14-36(26)45-41(31)32)28-11-2-4-13-30(28)38(29)35-20-17-25-16-15-24-8-7-23-42-39(24)40(25)44-35/h1-23H. The van der Waals surface area contributed by atoms with Crippen molar-refractivity contribution in [3.05, 3.63) is 140 Å². The zero-order valence-corrected chi connectivity index (χ0v) is 24.0. The fraction of sp³-hybridized carbons (Fsp3) is 0. The maximum Gasteiger partial charge on any atom is 0.144 e. The van der Waals surface area contributed by atoms with Gasteiger partial charge in [-0.05, 0) is 64.0 Å². The Balaban J connectivity index is 1.26. The minimum Gasteiger partial charge on any atom is -0.455 e. The second kappa shape index (κ2) is 9.18. The van der Waals surface area contributed by atoms with Gasteiger partial charge in [0.1, 0.15) is 11.2 Å². The molecule has 0 aliphatic carbocycles. The first-order chi connectivity index (χ1) is 22.3. The van der Waals surface area contributed by atoms with Crippen LogP contribution in [0.2, 0.25) is 0 Å². The van der Waals surface area contributed by atoms with Crippen LogP contribution in [0.1, 0.15) is 0 Å². The summed E-state index contributed by atoms with van der Waals surface area (Å²) in [6.07, 6.45) is 1.84. The Kier molecular flexibility index (Phi) is 4.96. The Hall–Kier alpha value is -6.13. The van der Waals surface area contributed by atoms with Gasteiger partial charge in [0.15, 0.2) is 0 Å². The fourth-order valence-corrected chi connectivity index (χ4v) is 7.07. The molecule has 208 valence electrons. The molecule has 0 saturated heterocycles. The van der Waals surface area contributed by atoms with Crippen LogP contribution in [0.15, 0.2) is 144 Å². The highest BCUT2D eigenvalue weighted by atomic mass is 16.3. The van der Waals surface area contributed by atoms with Gasteiger partial charge in [-0.25, -0.2) is 9.97 Å². The van der Waals surface area contributed by atoms with Crippen molar-refractivity contribution in [1.29, 1.82) is 0 Å². The summed E-state index contributed by atoms with van der Waals surface area (Å²) >= 11 is 0. The van der Waals surface area contributed by atoms with Gasteiger partial charge in [0.2, 0.25) is 0 Å². The molecule has 4 heterocycles. The van der Waals surface area contributed by atoms with E-state index in [2.05, 4.69) is 115 Å². The van der Waals surface area contributed by atoms with E-state index < -0.39 is 0 Å². The van der Waals surface area contributed by atoms with Gasteiger partial charge in [0.25, 0.3) is 0 Å². The van der Waals surface area contributed by atoms with Gasteiger partial charge >= 0.3 is 0 Å². The number of hydrogen-bond donors (Lipinski definition) is 0. The number of rotatable bonds is 2. The first-order valence-corrected chi connectivity index (χ1v) is 15.1. The number of furan rings is 1. The third-order valence-corrected chi connectivity index (χ3v) is 9.09. The van der Waals surface area contributed by atoms with Crippen LogP contribution in [0.25, 0.3) is 98.7 Å². The van der Waals surface area contributed by atoms with Crippen LogP contribution in [0.3, 0.4) is 0 Å². The number of fused-ring (bicyclic) bond motifs is 10. The molecule has 10 rings (SSSR count). The molecule has 4 aromatic heterocycles. The molecule has 45 heavy (non-hydrogen) atoms. The average Bonchev–Trinajstić information content (AvgIpc) is 3.49. The van der Waals surface area contributed by atoms with Crippen LogP contribution in [0.5, 0.6) is 0 Å². The molecule has 6 aromatic carbocycles. The zero-order chi connectivity index (χ0) is 29.5. The lowest BCUT2D eigenvalue weighted by atomic mass is 9.88. The molecular formula is C41H23N3O. The van der Waals surface area contributed by atoms with E-state index in [4.69, 9.17) is 19.4 Å². The number of pyridine rings is 3. The maximum absolute atomic E-state index is 6.32. The molecular weight excluding hydrogens is 550 g/mol. The van der Waals surface area contributed by atoms with Crippen molar-refractivity contribution in [2.75, 3.05) is 0 Å². The second-order valence-electron chi connectivity index (χ2n) is 11.6. The SMILES string of the molecule is c1cnc2c(c1)ccc1ccc(-c3c4ccccc4c(-c4ccc5c(ccc6c7ccccc7oc56)n4)c4ccccc34)nc12. The van der Waals surface area contributed by atoms with Crippen LogP contribution in [0, 0.1) is 0 Å². The molecule has 0 spiro atoms. The molecule has 4 nitrogen and oxygen atoms in total. The highest BCUT2D eigenvalue weighted by Gasteiger charge is 2.19. The summed E-state index contributed by atoms with van der Waals surface area (Å²) in [5, 5.41) is 9.97. The first-order valence-electron chi connectivity index (χ1n) is 15.1. The van der Waals surface area contributed by atoms with E-state index in [1.54, 1.807) is 0 Å². The molecule has 0 amide bonds. The van der Waals surface area contributed by atoms with Crippen LogP contribution in [-0.4, -0.2) is 15.0 Å². The van der Waals surface area contributed by atoms with E-state index >= 15 is 0 Å². The van der Waals surface area contributed by atoms with E-state index in [1.807, 2.05) is 24.4 Å². The van der Waals surface area contributed by atoms with Crippen molar-refractivity contribution < 1.29 is 4.42 Å². The van der Waals surface area contributed by atoms with Gasteiger partial charge in [-0.3, -0.25) is 4.98 Å². The number of hydrogen-bond acceptors (Lipinski definition) is 4. The van der Waals surface area contributed by atoms with Crippen molar-refractivity contribution in [1.82, 2.24) is 15.0 Å². The van der Waals surface area contributed by atoms with E-state index in [-0.39, 0.29) is 0 Å². The Bertz CT molecular complexity index is 2770. The van der Waals surface area contributed by atoms with Crippen LogP contribution in [-0.2, 0) is 0 Å². The molecule has 0 fully saturated rings. The number of benzene rings is 6. The van der Waals surface area contributed by atoms with Crippen LogP contribution >= 0.6 is 0 Å². The quantitative estimate of drug-likeness (QED) is 0.152. The normalized spacial score (nSPS) is 12.0. The minimum atomic E-state index is 0.877. The Morgan fingerprint density at radius 1 is 0.400 bits per heavy atom. The van der Waals surface area contributed by atoms with Gasteiger partial charge in [-0.15, -0.1) is 0 Å². The molecule has 0 N–H and O–H groups in total. The number of para-hydroxylation sites is 1. The lowest BCUT2D eigenvalue weighted by molar-refractivity contribution is 0.672. The van der Waals surface area contributed by atoms with Crippen LogP contribution < -0.4 is 0 Å². The predicted molar refractivity (Wildman–Crippen MR) is 186 cm³/mol. The molecule has 0 aliphatic heterocycles. The molecule has 0 atom stereocenters. The largest absolute Gasteiger partial charge is 0.455 e.